The predicted molar refractivity (Wildman–Crippen MR) is 41.5 cm³/mol. The molecular formula is C9H9F2O2. The summed E-state index contributed by atoms with van der Waals surface area (Å²) in [6.07, 6.45) is -1.72. The van der Waals surface area contributed by atoms with E-state index in [-0.39, 0.29) is 12.0 Å². The van der Waals surface area contributed by atoms with E-state index in [4.69, 9.17) is 0 Å². The van der Waals surface area contributed by atoms with Gasteiger partial charge in [0.15, 0.2) is 6.29 Å². The average molecular weight is 187 g/mol. The van der Waals surface area contributed by atoms with Crippen molar-refractivity contribution in [3.05, 3.63) is 35.4 Å². The molecule has 1 rings (SSSR count). The Balaban J connectivity index is 2.87. The van der Waals surface area contributed by atoms with Crippen LogP contribution in [0, 0.1) is 11.6 Å². The minimum absolute atomic E-state index is 0.218. The van der Waals surface area contributed by atoms with Crippen LogP contribution in [0.5, 0.6) is 0 Å². The summed E-state index contributed by atoms with van der Waals surface area (Å²) in [4.78, 5) is 0. The fraction of sp³-hybridized carbons (Fsp3) is 0.333. The zero-order chi connectivity index (χ0) is 9.84. The lowest BCUT2D eigenvalue weighted by Gasteiger charge is -2.07. The van der Waals surface area contributed by atoms with Gasteiger partial charge in [0.2, 0.25) is 0 Å². The predicted octanol–water partition coefficient (Wildman–Crippen LogP) is 1.91. The monoisotopic (exact) mass is 187 g/mol. The highest BCUT2D eigenvalue weighted by Crippen LogP contribution is 2.14. The highest BCUT2D eigenvalue weighted by Gasteiger charge is 2.13. The van der Waals surface area contributed by atoms with Crippen LogP contribution >= 0.6 is 0 Å². The van der Waals surface area contributed by atoms with Crippen LogP contribution in [-0.2, 0) is 16.3 Å². The Labute approximate surface area is 74.8 Å². The molecule has 13 heavy (non-hydrogen) atoms. The van der Waals surface area contributed by atoms with E-state index < -0.39 is 17.9 Å². The number of halogens is 2. The van der Waals surface area contributed by atoms with Gasteiger partial charge >= 0.3 is 0 Å². The largest absolute Gasteiger partial charge is 0.353 e. The molecule has 0 N–H and O–H groups in total. The first kappa shape index (κ1) is 10.1. The Morgan fingerprint density at radius 2 is 1.92 bits per heavy atom. The van der Waals surface area contributed by atoms with E-state index in [0.29, 0.717) is 0 Å². The third-order valence-corrected chi connectivity index (χ3v) is 1.70. The van der Waals surface area contributed by atoms with Crippen molar-refractivity contribution in [2.45, 2.75) is 12.7 Å². The quantitative estimate of drug-likeness (QED) is 0.664. The van der Waals surface area contributed by atoms with E-state index in [1.54, 1.807) is 0 Å². The zero-order valence-electron chi connectivity index (χ0n) is 7.09. The third-order valence-electron chi connectivity index (χ3n) is 1.70. The molecule has 0 spiro atoms. The van der Waals surface area contributed by atoms with Gasteiger partial charge in [-0.1, -0.05) is 6.07 Å². The molecule has 1 atom stereocenters. The van der Waals surface area contributed by atoms with Gasteiger partial charge in [0.25, 0.3) is 0 Å². The lowest BCUT2D eigenvalue weighted by Crippen LogP contribution is -2.13. The second kappa shape index (κ2) is 4.30. The molecule has 1 unspecified atom stereocenters. The molecule has 0 aliphatic rings. The summed E-state index contributed by atoms with van der Waals surface area (Å²) in [5, 5.41) is 10.8. The number of hydrogen-bond donors (Lipinski definition) is 0. The van der Waals surface area contributed by atoms with Crippen molar-refractivity contribution in [2.24, 2.45) is 0 Å². The standard InChI is InChI=1S/C9H9F2O2/c1-13-9(12)5-6-7(10)3-2-4-8(6)11/h2-4,9H,5H2,1H3. The summed E-state index contributed by atoms with van der Waals surface area (Å²) in [6, 6.07) is 3.47. The first-order valence-corrected chi connectivity index (χ1v) is 3.76. The number of benzene rings is 1. The van der Waals surface area contributed by atoms with Crippen LogP contribution in [-0.4, -0.2) is 13.4 Å². The molecule has 0 heterocycles. The molecule has 0 aliphatic carbocycles. The maximum Gasteiger partial charge on any atom is 0.195 e. The molecule has 4 heteroatoms. The van der Waals surface area contributed by atoms with Crippen molar-refractivity contribution in [3.8, 4) is 0 Å². The fourth-order valence-electron chi connectivity index (χ4n) is 0.977. The highest BCUT2D eigenvalue weighted by molar-refractivity contribution is 5.19. The molecule has 0 saturated heterocycles. The van der Waals surface area contributed by atoms with Crippen molar-refractivity contribution in [1.82, 2.24) is 0 Å². The first-order chi connectivity index (χ1) is 6.15. The Bertz CT molecular complexity index is 269. The molecule has 1 aromatic rings. The Morgan fingerprint density at radius 3 is 2.38 bits per heavy atom. The van der Waals surface area contributed by atoms with Crippen molar-refractivity contribution in [2.75, 3.05) is 7.11 Å². The van der Waals surface area contributed by atoms with E-state index in [1.807, 2.05) is 0 Å². The molecule has 1 aromatic carbocycles. The van der Waals surface area contributed by atoms with Crippen LogP contribution in [0.15, 0.2) is 18.2 Å². The van der Waals surface area contributed by atoms with E-state index >= 15 is 0 Å². The van der Waals surface area contributed by atoms with Gasteiger partial charge < -0.3 is 4.74 Å². The van der Waals surface area contributed by atoms with Crippen LogP contribution in [0.2, 0.25) is 0 Å². The van der Waals surface area contributed by atoms with Crippen LogP contribution in [0.4, 0.5) is 8.78 Å². The zero-order valence-corrected chi connectivity index (χ0v) is 7.09. The smallest absolute Gasteiger partial charge is 0.195 e. The highest BCUT2D eigenvalue weighted by atomic mass is 19.1. The van der Waals surface area contributed by atoms with E-state index in [2.05, 4.69) is 4.74 Å². The lowest BCUT2D eigenvalue weighted by atomic mass is 10.1. The van der Waals surface area contributed by atoms with Gasteiger partial charge in [-0.15, -0.1) is 0 Å². The molecule has 0 amide bonds. The molecule has 1 radical (unpaired) electrons. The van der Waals surface area contributed by atoms with Gasteiger partial charge in [0.1, 0.15) is 11.6 Å². The number of hydrogen-bond acceptors (Lipinski definition) is 1. The van der Waals surface area contributed by atoms with E-state index in [9.17, 15) is 13.9 Å². The van der Waals surface area contributed by atoms with Crippen LogP contribution in [0.25, 0.3) is 0 Å². The molecule has 0 fully saturated rings. The summed E-state index contributed by atoms with van der Waals surface area (Å²) >= 11 is 0. The topological polar surface area (TPSA) is 29.1 Å². The Morgan fingerprint density at radius 1 is 1.38 bits per heavy atom. The molecular weight excluding hydrogens is 178 g/mol. The van der Waals surface area contributed by atoms with Crippen molar-refractivity contribution in [1.29, 1.82) is 0 Å². The SMILES string of the molecule is COC([O])Cc1c(F)cccc1F. The molecule has 0 saturated carbocycles. The maximum absolute atomic E-state index is 12.9. The Kier molecular flexibility index (Phi) is 3.33. The second-order valence-electron chi connectivity index (χ2n) is 2.57. The summed E-state index contributed by atoms with van der Waals surface area (Å²) < 4.78 is 30.2. The third kappa shape index (κ3) is 2.47. The minimum Gasteiger partial charge on any atom is -0.353 e. The van der Waals surface area contributed by atoms with Crippen molar-refractivity contribution >= 4 is 0 Å². The average Bonchev–Trinajstić information content (AvgIpc) is 2.11. The van der Waals surface area contributed by atoms with Gasteiger partial charge in [0.05, 0.1) is 0 Å². The number of rotatable bonds is 3. The maximum atomic E-state index is 12.9. The molecule has 0 aliphatic heterocycles. The van der Waals surface area contributed by atoms with Crippen molar-refractivity contribution < 1.29 is 18.6 Å². The molecule has 2 nitrogen and oxygen atoms in total. The van der Waals surface area contributed by atoms with Gasteiger partial charge in [-0.05, 0) is 12.1 Å². The first-order valence-electron chi connectivity index (χ1n) is 3.76. The van der Waals surface area contributed by atoms with Gasteiger partial charge in [-0.2, -0.15) is 0 Å². The summed E-state index contributed by atoms with van der Waals surface area (Å²) in [7, 11) is 1.20. The van der Waals surface area contributed by atoms with E-state index in [1.165, 1.54) is 13.2 Å². The summed E-state index contributed by atoms with van der Waals surface area (Å²) in [5.74, 6) is -1.42. The summed E-state index contributed by atoms with van der Waals surface area (Å²) in [5.41, 5.74) is -0.218. The van der Waals surface area contributed by atoms with Gasteiger partial charge in [-0.25, -0.2) is 13.9 Å². The van der Waals surface area contributed by atoms with E-state index in [0.717, 1.165) is 12.1 Å². The second-order valence-corrected chi connectivity index (χ2v) is 2.57. The van der Waals surface area contributed by atoms with Crippen LogP contribution in [0.3, 0.4) is 0 Å². The normalized spacial score (nSPS) is 12.9. The Hall–Kier alpha value is -1.00. The fourth-order valence-corrected chi connectivity index (χ4v) is 0.977. The number of ether oxygens (including phenoxy) is 1. The van der Waals surface area contributed by atoms with Crippen molar-refractivity contribution in [3.63, 3.8) is 0 Å². The molecule has 0 bridgehead atoms. The molecule has 0 aromatic heterocycles. The van der Waals surface area contributed by atoms with Gasteiger partial charge in [0, 0.05) is 19.1 Å². The summed E-state index contributed by atoms with van der Waals surface area (Å²) in [6.45, 7) is 0. The number of methoxy groups -OCH3 is 1. The minimum atomic E-state index is -1.42. The molecule has 71 valence electrons. The lowest BCUT2D eigenvalue weighted by molar-refractivity contribution is -0.118. The van der Waals surface area contributed by atoms with Crippen LogP contribution in [0.1, 0.15) is 5.56 Å². The van der Waals surface area contributed by atoms with Gasteiger partial charge in [-0.3, -0.25) is 0 Å². The van der Waals surface area contributed by atoms with Crippen LogP contribution < -0.4 is 0 Å².